The van der Waals surface area contributed by atoms with Crippen molar-refractivity contribution in [1.29, 1.82) is 0 Å². The van der Waals surface area contributed by atoms with E-state index in [0.717, 1.165) is 28.9 Å². The number of fused-ring (bicyclic) bond motifs is 1. The van der Waals surface area contributed by atoms with Crippen LogP contribution in [0.5, 0.6) is 5.75 Å². The number of hydrogen-bond acceptors (Lipinski definition) is 5. The van der Waals surface area contributed by atoms with Crippen LogP contribution in [0.2, 0.25) is 0 Å². The average molecular weight is 319 g/mol. The molecule has 1 unspecified atom stereocenters. The molecular weight excluding hydrogens is 302 g/mol. The lowest BCUT2D eigenvalue weighted by molar-refractivity contribution is -0.0315. The highest BCUT2D eigenvalue weighted by molar-refractivity contribution is 5.63. The lowest BCUT2D eigenvalue weighted by Gasteiger charge is -2.22. The van der Waals surface area contributed by atoms with E-state index in [4.69, 9.17) is 4.74 Å². The van der Waals surface area contributed by atoms with Crippen LogP contribution in [0, 0.1) is 0 Å². The quantitative estimate of drug-likeness (QED) is 0.773. The van der Waals surface area contributed by atoms with E-state index in [0.29, 0.717) is 18.1 Å². The van der Waals surface area contributed by atoms with Gasteiger partial charge in [-0.15, -0.1) is 0 Å². The Kier molecular flexibility index (Phi) is 3.84. The molecule has 4 rings (SSSR count). The van der Waals surface area contributed by atoms with Crippen LogP contribution >= 0.6 is 0 Å². The third-order valence-corrected chi connectivity index (χ3v) is 3.97. The number of aliphatic hydroxyl groups excluding tert-OH is 1. The number of nitrogens with one attached hydrogen (secondary N) is 1. The Morgan fingerprint density at radius 1 is 1.08 bits per heavy atom. The van der Waals surface area contributed by atoms with E-state index in [-0.39, 0.29) is 0 Å². The molecule has 5 nitrogen and oxygen atoms in total. The molecule has 1 aliphatic rings. The van der Waals surface area contributed by atoms with E-state index in [9.17, 15) is 5.11 Å². The van der Waals surface area contributed by atoms with Gasteiger partial charge in [-0.05, 0) is 24.1 Å². The van der Waals surface area contributed by atoms with Crippen molar-refractivity contribution in [1.82, 2.24) is 9.97 Å². The van der Waals surface area contributed by atoms with Gasteiger partial charge in [0.05, 0.1) is 5.69 Å². The van der Waals surface area contributed by atoms with Crippen molar-refractivity contribution in [3.05, 3.63) is 66.4 Å². The van der Waals surface area contributed by atoms with Gasteiger partial charge in [-0.3, -0.25) is 0 Å². The van der Waals surface area contributed by atoms with Crippen molar-refractivity contribution in [3.63, 3.8) is 0 Å². The number of anilines is 2. The summed E-state index contributed by atoms with van der Waals surface area (Å²) in [5.74, 6) is 1.23. The molecule has 0 aliphatic carbocycles. The Bertz CT molecular complexity index is 852. The van der Waals surface area contributed by atoms with Crippen LogP contribution in [0.4, 0.5) is 11.6 Å². The van der Waals surface area contributed by atoms with E-state index in [1.165, 1.54) is 0 Å². The molecule has 120 valence electrons. The summed E-state index contributed by atoms with van der Waals surface area (Å²) in [6.07, 6.45) is 2.44. The Balaban J connectivity index is 1.59. The molecule has 2 N–H and O–H groups in total. The van der Waals surface area contributed by atoms with Crippen LogP contribution < -0.4 is 10.1 Å². The normalized spacial score (nSPS) is 16.1. The Morgan fingerprint density at radius 2 is 1.96 bits per heavy atom. The second kappa shape index (κ2) is 6.29. The summed E-state index contributed by atoms with van der Waals surface area (Å²) in [7, 11) is 0. The van der Waals surface area contributed by atoms with E-state index in [1.807, 2.05) is 54.6 Å². The highest BCUT2D eigenvalue weighted by Crippen LogP contribution is 2.30. The molecule has 0 saturated heterocycles. The van der Waals surface area contributed by atoms with Crippen molar-refractivity contribution in [2.75, 3.05) is 5.32 Å². The monoisotopic (exact) mass is 319 g/mol. The summed E-state index contributed by atoms with van der Waals surface area (Å²) in [6, 6.07) is 17.7. The van der Waals surface area contributed by atoms with E-state index in [2.05, 4.69) is 15.3 Å². The highest BCUT2D eigenvalue weighted by Gasteiger charge is 2.17. The first-order valence-electron chi connectivity index (χ1n) is 7.91. The number of aryl methyl sites for hydroxylation is 1. The van der Waals surface area contributed by atoms with Gasteiger partial charge in [-0.2, -0.15) is 0 Å². The number of hydrogen-bond donors (Lipinski definition) is 2. The molecule has 3 aromatic rings. The molecule has 1 atom stereocenters. The maximum atomic E-state index is 9.63. The highest BCUT2D eigenvalue weighted by atomic mass is 16.6. The van der Waals surface area contributed by atoms with Crippen LogP contribution in [-0.4, -0.2) is 21.4 Å². The molecule has 2 aromatic carbocycles. The smallest absolute Gasteiger partial charge is 0.227 e. The molecule has 0 spiro atoms. The van der Waals surface area contributed by atoms with Gasteiger partial charge in [-0.25, -0.2) is 9.97 Å². The topological polar surface area (TPSA) is 67.3 Å². The summed E-state index contributed by atoms with van der Waals surface area (Å²) < 4.78 is 5.48. The van der Waals surface area contributed by atoms with Crippen molar-refractivity contribution in [2.45, 2.75) is 19.1 Å². The summed E-state index contributed by atoms with van der Waals surface area (Å²) in [4.78, 5) is 8.83. The minimum atomic E-state index is -0.731. The summed E-state index contributed by atoms with van der Waals surface area (Å²) >= 11 is 0. The SMILES string of the molecule is OC1CCc2ccc(Nc3nccc(-c4ccccc4)n3)cc2O1. The first-order valence-corrected chi connectivity index (χ1v) is 7.91. The van der Waals surface area contributed by atoms with Gasteiger partial charge in [0.2, 0.25) is 5.95 Å². The predicted molar refractivity (Wildman–Crippen MR) is 92.1 cm³/mol. The lowest BCUT2D eigenvalue weighted by Crippen LogP contribution is -2.21. The van der Waals surface area contributed by atoms with Crippen LogP contribution in [0.25, 0.3) is 11.3 Å². The van der Waals surface area contributed by atoms with Crippen LogP contribution in [0.1, 0.15) is 12.0 Å². The zero-order chi connectivity index (χ0) is 16.4. The van der Waals surface area contributed by atoms with E-state index < -0.39 is 6.29 Å². The van der Waals surface area contributed by atoms with Crippen molar-refractivity contribution in [2.24, 2.45) is 0 Å². The first kappa shape index (κ1) is 14.7. The molecule has 2 heterocycles. The second-order valence-corrected chi connectivity index (χ2v) is 5.69. The fraction of sp³-hybridized carbons (Fsp3) is 0.158. The van der Waals surface area contributed by atoms with E-state index in [1.54, 1.807) is 6.20 Å². The van der Waals surface area contributed by atoms with E-state index >= 15 is 0 Å². The molecule has 0 fully saturated rings. The second-order valence-electron chi connectivity index (χ2n) is 5.69. The zero-order valence-corrected chi connectivity index (χ0v) is 13.0. The average Bonchev–Trinajstić information content (AvgIpc) is 2.62. The number of aromatic nitrogens is 2. The lowest BCUT2D eigenvalue weighted by atomic mass is 10.1. The third-order valence-electron chi connectivity index (χ3n) is 3.97. The number of aliphatic hydroxyl groups is 1. The molecule has 1 aromatic heterocycles. The fourth-order valence-electron chi connectivity index (χ4n) is 2.75. The molecule has 0 amide bonds. The van der Waals surface area contributed by atoms with Gasteiger partial charge in [0, 0.05) is 29.9 Å². The van der Waals surface area contributed by atoms with Crippen molar-refractivity contribution >= 4 is 11.6 Å². The van der Waals surface area contributed by atoms with Crippen LogP contribution in [0.3, 0.4) is 0 Å². The van der Waals surface area contributed by atoms with Crippen LogP contribution in [-0.2, 0) is 6.42 Å². The number of ether oxygens (including phenoxy) is 1. The Labute approximate surface area is 140 Å². The van der Waals surface area contributed by atoms with Crippen molar-refractivity contribution in [3.8, 4) is 17.0 Å². The summed E-state index contributed by atoms with van der Waals surface area (Å²) in [6.45, 7) is 0. The van der Waals surface area contributed by atoms with Gasteiger partial charge in [0.1, 0.15) is 5.75 Å². The summed E-state index contributed by atoms with van der Waals surface area (Å²) in [5.41, 5.74) is 3.83. The molecular formula is C19H17N3O2. The zero-order valence-electron chi connectivity index (χ0n) is 13.0. The first-order chi connectivity index (χ1) is 11.8. The number of nitrogens with zero attached hydrogens (tertiary/aromatic N) is 2. The molecule has 5 heteroatoms. The molecule has 0 bridgehead atoms. The van der Waals surface area contributed by atoms with Gasteiger partial charge < -0.3 is 15.2 Å². The van der Waals surface area contributed by atoms with Gasteiger partial charge >= 0.3 is 0 Å². The fourth-order valence-corrected chi connectivity index (χ4v) is 2.75. The molecule has 24 heavy (non-hydrogen) atoms. The van der Waals surface area contributed by atoms with Crippen molar-refractivity contribution < 1.29 is 9.84 Å². The number of rotatable bonds is 3. The van der Waals surface area contributed by atoms with Gasteiger partial charge in [0.25, 0.3) is 0 Å². The maximum absolute atomic E-state index is 9.63. The Morgan fingerprint density at radius 3 is 2.83 bits per heavy atom. The third kappa shape index (κ3) is 3.07. The van der Waals surface area contributed by atoms with Gasteiger partial charge in [-0.1, -0.05) is 36.4 Å². The molecule has 0 radical (unpaired) electrons. The molecule has 1 aliphatic heterocycles. The van der Waals surface area contributed by atoms with Gasteiger partial charge in [0.15, 0.2) is 6.29 Å². The largest absolute Gasteiger partial charge is 0.465 e. The minimum absolute atomic E-state index is 0.521. The summed E-state index contributed by atoms with van der Waals surface area (Å²) in [5, 5.41) is 12.8. The predicted octanol–water partition coefficient (Wildman–Crippen LogP) is 3.53. The standard InChI is InChI=1S/C19H17N3O2/c23-18-9-7-14-6-8-15(12-17(14)24-18)21-19-20-11-10-16(22-19)13-4-2-1-3-5-13/h1-6,8,10-12,18,23H,7,9H2,(H,20,21,22). The van der Waals surface area contributed by atoms with Crippen LogP contribution in [0.15, 0.2) is 60.8 Å². The minimum Gasteiger partial charge on any atom is -0.465 e. The Hall–Kier alpha value is -2.92. The number of benzene rings is 2. The maximum Gasteiger partial charge on any atom is 0.227 e. The molecule has 0 saturated carbocycles.